The minimum absolute atomic E-state index is 0.619. The van der Waals surface area contributed by atoms with Gasteiger partial charge in [0, 0.05) is 29.0 Å². The zero-order valence-electron chi connectivity index (χ0n) is 11.5. The molecule has 0 saturated heterocycles. The molecule has 100 valence electrons. The highest BCUT2D eigenvalue weighted by Crippen LogP contribution is 2.26. The van der Waals surface area contributed by atoms with Crippen molar-refractivity contribution in [2.75, 3.05) is 17.7 Å². The lowest BCUT2D eigenvalue weighted by atomic mass is 10.1. The second-order valence-corrected chi connectivity index (χ2v) is 5.31. The first kappa shape index (κ1) is 13.8. The maximum absolute atomic E-state index is 4.38. The predicted molar refractivity (Wildman–Crippen MR) is 83.2 cm³/mol. The van der Waals surface area contributed by atoms with Crippen LogP contribution in [0.3, 0.4) is 0 Å². The Hall–Kier alpha value is -1.62. The summed E-state index contributed by atoms with van der Waals surface area (Å²) in [6, 6.07) is 6.11. The van der Waals surface area contributed by atoms with Gasteiger partial charge in [0.2, 0.25) is 5.95 Å². The molecule has 1 heterocycles. The maximum atomic E-state index is 4.38. The van der Waals surface area contributed by atoms with E-state index in [0.29, 0.717) is 5.95 Å². The normalized spacial score (nSPS) is 10.4. The lowest BCUT2D eigenvalue weighted by Gasteiger charge is -2.11. The van der Waals surface area contributed by atoms with E-state index in [4.69, 9.17) is 0 Å². The molecule has 0 fully saturated rings. The van der Waals surface area contributed by atoms with E-state index in [9.17, 15) is 0 Å². The summed E-state index contributed by atoms with van der Waals surface area (Å²) in [5.41, 5.74) is 4.34. The maximum Gasteiger partial charge on any atom is 0.224 e. The number of hydrogen-bond acceptors (Lipinski definition) is 4. The SMILES string of the molecule is CNc1nc(C)cc(Nc2cc(C)c(Br)c(C)c2)n1. The van der Waals surface area contributed by atoms with Crippen LogP contribution in [0.4, 0.5) is 17.5 Å². The first-order valence-electron chi connectivity index (χ1n) is 6.07. The van der Waals surface area contributed by atoms with Crippen LogP contribution in [0.5, 0.6) is 0 Å². The molecule has 0 aliphatic heterocycles. The summed E-state index contributed by atoms with van der Waals surface area (Å²) >= 11 is 3.57. The van der Waals surface area contributed by atoms with Gasteiger partial charge in [0.1, 0.15) is 5.82 Å². The van der Waals surface area contributed by atoms with E-state index in [1.54, 1.807) is 0 Å². The van der Waals surface area contributed by atoms with Crippen molar-refractivity contribution >= 4 is 33.4 Å². The van der Waals surface area contributed by atoms with Crippen LogP contribution in [-0.4, -0.2) is 17.0 Å². The van der Waals surface area contributed by atoms with Gasteiger partial charge in [0.15, 0.2) is 0 Å². The number of aromatic nitrogens is 2. The first-order chi connectivity index (χ1) is 8.99. The predicted octanol–water partition coefficient (Wildman–Crippen LogP) is 3.95. The number of hydrogen-bond donors (Lipinski definition) is 2. The van der Waals surface area contributed by atoms with E-state index in [-0.39, 0.29) is 0 Å². The van der Waals surface area contributed by atoms with Crippen molar-refractivity contribution in [2.45, 2.75) is 20.8 Å². The fraction of sp³-hybridized carbons (Fsp3) is 0.286. The van der Waals surface area contributed by atoms with Gasteiger partial charge in [0.05, 0.1) is 0 Å². The lowest BCUT2D eigenvalue weighted by molar-refractivity contribution is 1.10. The summed E-state index contributed by atoms with van der Waals surface area (Å²) in [5.74, 6) is 1.41. The fourth-order valence-corrected chi connectivity index (χ4v) is 2.14. The molecule has 0 aliphatic carbocycles. The Morgan fingerprint density at radius 1 is 1.00 bits per heavy atom. The van der Waals surface area contributed by atoms with Crippen LogP contribution in [0.15, 0.2) is 22.7 Å². The third-order valence-corrected chi connectivity index (χ3v) is 4.04. The van der Waals surface area contributed by atoms with Crippen LogP contribution in [-0.2, 0) is 0 Å². The molecule has 4 nitrogen and oxygen atoms in total. The monoisotopic (exact) mass is 320 g/mol. The second-order valence-electron chi connectivity index (χ2n) is 4.52. The van der Waals surface area contributed by atoms with Gasteiger partial charge in [-0.05, 0) is 44.0 Å². The topological polar surface area (TPSA) is 49.8 Å². The summed E-state index contributed by atoms with van der Waals surface area (Å²) < 4.78 is 1.15. The summed E-state index contributed by atoms with van der Waals surface area (Å²) in [6.45, 7) is 6.10. The van der Waals surface area contributed by atoms with Crippen molar-refractivity contribution in [1.29, 1.82) is 0 Å². The molecular formula is C14H17BrN4. The Bertz CT molecular complexity index is 587. The van der Waals surface area contributed by atoms with E-state index in [0.717, 1.165) is 21.7 Å². The molecule has 0 saturated carbocycles. The van der Waals surface area contributed by atoms with Gasteiger partial charge in [-0.25, -0.2) is 4.98 Å². The van der Waals surface area contributed by atoms with Crippen molar-refractivity contribution in [1.82, 2.24) is 9.97 Å². The molecule has 0 unspecified atom stereocenters. The second kappa shape index (κ2) is 5.57. The standard InChI is InChI=1S/C14H17BrN4/c1-8-5-11(6-9(2)13(8)15)18-12-7-10(3)17-14(16-4)19-12/h5-7H,1-4H3,(H2,16,17,18,19). The Balaban J connectivity index is 2.33. The summed E-state index contributed by atoms with van der Waals surface area (Å²) in [7, 11) is 1.81. The van der Waals surface area contributed by atoms with Crippen molar-refractivity contribution in [3.63, 3.8) is 0 Å². The Morgan fingerprint density at radius 2 is 1.63 bits per heavy atom. The van der Waals surface area contributed by atoms with Crippen molar-refractivity contribution in [3.05, 3.63) is 39.5 Å². The number of rotatable bonds is 3. The van der Waals surface area contributed by atoms with Gasteiger partial charge < -0.3 is 10.6 Å². The van der Waals surface area contributed by atoms with E-state index in [1.807, 2.05) is 20.0 Å². The molecule has 0 atom stereocenters. The highest BCUT2D eigenvalue weighted by Gasteiger charge is 2.05. The quantitative estimate of drug-likeness (QED) is 0.899. The zero-order chi connectivity index (χ0) is 14.0. The Kier molecular flexibility index (Phi) is 4.04. The van der Waals surface area contributed by atoms with Gasteiger partial charge in [-0.1, -0.05) is 15.9 Å². The molecule has 0 spiro atoms. The molecule has 0 bridgehead atoms. The lowest BCUT2D eigenvalue weighted by Crippen LogP contribution is -2.02. The van der Waals surface area contributed by atoms with Crippen LogP contribution >= 0.6 is 15.9 Å². The first-order valence-corrected chi connectivity index (χ1v) is 6.86. The Labute approximate surface area is 121 Å². The van der Waals surface area contributed by atoms with Gasteiger partial charge in [-0.15, -0.1) is 0 Å². The molecule has 1 aromatic carbocycles. The third kappa shape index (κ3) is 3.23. The molecule has 0 aliphatic rings. The van der Waals surface area contributed by atoms with Gasteiger partial charge in [0.25, 0.3) is 0 Å². The van der Waals surface area contributed by atoms with Gasteiger partial charge in [-0.2, -0.15) is 4.98 Å². The third-order valence-electron chi connectivity index (χ3n) is 2.79. The minimum atomic E-state index is 0.619. The molecule has 5 heteroatoms. The number of nitrogens with one attached hydrogen (secondary N) is 2. The van der Waals surface area contributed by atoms with E-state index in [2.05, 4.69) is 62.5 Å². The average molecular weight is 321 g/mol. The molecule has 0 radical (unpaired) electrons. The minimum Gasteiger partial charge on any atom is -0.357 e. The van der Waals surface area contributed by atoms with E-state index >= 15 is 0 Å². The van der Waals surface area contributed by atoms with Crippen LogP contribution in [0, 0.1) is 20.8 Å². The smallest absolute Gasteiger partial charge is 0.224 e. The Morgan fingerprint density at radius 3 is 2.21 bits per heavy atom. The van der Waals surface area contributed by atoms with Crippen LogP contribution < -0.4 is 10.6 Å². The summed E-state index contributed by atoms with van der Waals surface area (Å²) in [4.78, 5) is 8.66. The summed E-state index contributed by atoms with van der Waals surface area (Å²) in [5, 5.41) is 6.27. The van der Waals surface area contributed by atoms with Crippen LogP contribution in [0.1, 0.15) is 16.8 Å². The molecule has 19 heavy (non-hydrogen) atoms. The number of anilines is 3. The van der Waals surface area contributed by atoms with Crippen molar-refractivity contribution < 1.29 is 0 Å². The molecular weight excluding hydrogens is 304 g/mol. The van der Waals surface area contributed by atoms with E-state index in [1.165, 1.54) is 11.1 Å². The zero-order valence-corrected chi connectivity index (χ0v) is 13.1. The van der Waals surface area contributed by atoms with Gasteiger partial charge >= 0.3 is 0 Å². The van der Waals surface area contributed by atoms with E-state index < -0.39 is 0 Å². The van der Waals surface area contributed by atoms with Crippen molar-refractivity contribution in [2.24, 2.45) is 0 Å². The molecule has 1 aromatic heterocycles. The molecule has 2 aromatic rings. The highest BCUT2D eigenvalue weighted by molar-refractivity contribution is 9.10. The average Bonchev–Trinajstić information content (AvgIpc) is 2.35. The van der Waals surface area contributed by atoms with Crippen LogP contribution in [0.25, 0.3) is 0 Å². The summed E-state index contributed by atoms with van der Waals surface area (Å²) in [6.07, 6.45) is 0. The highest BCUT2D eigenvalue weighted by atomic mass is 79.9. The van der Waals surface area contributed by atoms with Gasteiger partial charge in [-0.3, -0.25) is 0 Å². The largest absolute Gasteiger partial charge is 0.357 e. The number of nitrogens with zero attached hydrogens (tertiary/aromatic N) is 2. The number of benzene rings is 1. The number of aryl methyl sites for hydroxylation is 3. The molecule has 0 amide bonds. The molecule has 2 rings (SSSR count). The number of halogens is 1. The van der Waals surface area contributed by atoms with Crippen LogP contribution in [0.2, 0.25) is 0 Å². The van der Waals surface area contributed by atoms with Crippen molar-refractivity contribution in [3.8, 4) is 0 Å². The molecule has 2 N–H and O–H groups in total. The fourth-order valence-electron chi connectivity index (χ4n) is 1.91.